The average molecular weight is 787 g/mol. The fourth-order valence-electron chi connectivity index (χ4n) is 5.99. The second kappa shape index (κ2) is 37.1. The molecule has 0 saturated carbocycles. The Morgan fingerprint density at radius 2 is 1.00 bits per heavy atom. The summed E-state index contributed by atoms with van der Waals surface area (Å²) in [5.41, 5.74) is 0. The number of unbranched alkanes of at least 4 members (excludes halogenated alkanes) is 22. The van der Waals surface area contributed by atoms with Gasteiger partial charge in [-0.25, -0.2) is 4.57 Å². The number of carbonyl (C=O) groups excluding carboxylic acids is 2. The first-order valence-corrected chi connectivity index (χ1v) is 23.6. The summed E-state index contributed by atoms with van der Waals surface area (Å²) in [7, 11) is 1.48. The summed E-state index contributed by atoms with van der Waals surface area (Å²) in [4.78, 5) is 35.3. The maximum Gasteiger partial charge on any atom is 0.472 e. The van der Waals surface area contributed by atoms with Crippen LogP contribution in [0.4, 0.5) is 0 Å². The maximum atomic E-state index is 12.7. The Morgan fingerprint density at radius 3 is 1.50 bits per heavy atom. The van der Waals surface area contributed by atoms with E-state index in [-0.39, 0.29) is 25.6 Å². The molecule has 0 rings (SSSR count). The van der Waals surface area contributed by atoms with Crippen LogP contribution >= 0.6 is 7.82 Å². The smallest absolute Gasteiger partial charge is 0.462 e. The third kappa shape index (κ3) is 40.2. The topological polar surface area (TPSA) is 108 Å². The summed E-state index contributed by atoms with van der Waals surface area (Å²) in [6.07, 6.45) is 39.3. The average Bonchev–Trinajstić information content (AvgIpc) is 3.12. The molecular weight excluding hydrogens is 701 g/mol. The lowest BCUT2D eigenvalue weighted by Gasteiger charge is -2.24. The minimum atomic E-state index is -4.37. The molecule has 9 nitrogen and oxygen atoms in total. The molecule has 0 aliphatic rings. The molecule has 0 aliphatic heterocycles. The molecule has 0 aromatic carbocycles. The Labute approximate surface area is 332 Å². The number of likely N-dealkylation sites (N-methyl/N-ethyl adjacent to an activating group) is 1. The van der Waals surface area contributed by atoms with Crippen LogP contribution < -0.4 is 0 Å². The van der Waals surface area contributed by atoms with Crippen LogP contribution in [0.5, 0.6) is 0 Å². The van der Waals surface area contributed by atoms with Crippen molar-refractivity contribution in [2.24, 2.45) is 0 Å². The van der Waals surface area contributed by atoms with Gasteiger partial charge in [-0.2, -0.15) is 0 Å². The van der Waals surface area contributed by atoms with Gasteiger partial charge in [-0.05, 0) is 44.9 Å². The number of rotatable bonds is 40. The number of quaternary nitrogens is 1. The van der Waals surface area contributed by atoms with E-state index in [1.54, 1.807) is 0 Å². The van der Waals surface area contributed by atoms with Crippen LogP contribution in [0.2, 0.25) is 0 Å². The molecule has 318 valence electrons. The number of esters is 2. The number of ether oxygens (including phenoxy) is 2. The Morgan fingerprint density at radius 1 is 0.574 bits per heavy atom. The fraction of sp³-hybridized carbons (Fsp3) is 0.864. The fourth-order valence-corrected chi connectivity index (χ4v) is 6.73. The van der Waals surface area contributed by atoms with E-state index in [0.717, 1.165) is 44.9 Å². The third-order valence-electron chi connectivity index (χ3n) is 9.48. The van der Waals surface area contributed by atoms with Gasteiger partial charge in [-0.3, -0.25) is 18.6 Å². The lowest BCUT2D eigenvalue weighted by atomic mass is 10.1. The van der Waals surface area contributed by atoms with Crippen molar-refractivity contribution in [1.82, 2.24) is 0 Å². The highest BCUT2D eigenvalue weighted by Crippen LogP contribution is 2.43. The van der Waals surface area contributed by atoms with Gasteiger partial charge in [0.05, 0.1) is 27.7 Å². The van der Waals surface area contributed by atoms with Crippen molar-refractivity contribution in [3.05, 3.63) is 24.3 Å². The summed E-state index contributed by atoms with van der Waals surface area (Å²) in [5.74, 6) is -0.799. The molecule has 0 aromatic heterocycles. The van der Waals surface area contributed by atoms with Crippen LogP contribution in [-0.2, 0) is 32.7 Å². The van der Waals surface area contributed by atoms with E-state index in [9.17, 15) is 19.0 Å². The molecule has 0 aliphatic carbocycles. The van der Waals surface area contributed by atoms with Crippen LogP contribution in [0, 0.1) is 0 Å². The zero-order valence-electron chi connectivity index (χ0n) is 35.7. The second-order valence-corrected chi connectivity index (χ2v) is 17.5. The van der Waals surface area contributed by atoms with Crippen molar-refractivity contribution in [3.8, 4) is 0 Å². The van der Waals surface area contributed by atoms with Gasteiger partial charge in [-0.1, -0.05) is 160 Å². The molecular formula is C44H85NO8P+. The number of carbonyl (C=O) groups is 2. The Balaban J connectivity index is 4.31. The van der Waals surface area contributed by atoms with Gasteiger partial charge >= 0.3 is 19.8 Å². The molecule has 1 unspecified atom stereocenters. The van der Waals surface area contributed by atoms with E-state index >= 15 is 0 Å². The van der Waals surface area contributed by atoms with Crippen molar-refractivity contribution in [2.75, 3.05) is 47.5 Å². The number of hydrogen-bond donors (Lipinski definition) is 1. The van der Waals surface area contributed by atoms with E-state index in [4.69, 9.17) is 18.5 Å². The van der Waals surface area contributed by atoms with E-state index in [2.05, 4.69) is 38.2 Å². The van der Waals surface area contributed by atoms with E-state index in [1.165, 1.54) is 116 Å². The predicted molar refractivity (Wildman–Crippen MR) is 224 cm³/mol. The normalized spacial score (nSPS) is 13.8. The zero-order valence-corrected chi connectivity index (χ0v) is 36.6. The van der Waals surface area contributed by atoms with Crippen molar-refractivity contribution in [1.29, 1.82) is 0 Å². The van der Waals surface area contributed by atoms with Gasteiger partial charge in [0.2, 0.25) is 0 Å². The van der Waals surface area contributed by atoms with Gasteiger partial charge in [-0.15, -0.1) is 0 Å². The molecule has 0 bridgehead atoms. The van der Waals surface area contributed by atoms with Gasteiger partial charge in [0.15, 0.2) is 6.10 Å². The SMILES string of the molecule is CCCCC/C=C\C/C=C\CCCCCCCCCCCC(=O)O[C@H](COC(=O)CCCCCCCCCCCCC)COP(=O)(O)OCC[N+](C)(C)C. The van der Waals surface area contributed by atoms with Crippen LogP contribution in [0.15, 0.2) is 24.3 Å². The van der Waals surface area contributed by atoms with Gasteiger partial charge in [0.1, 0.15) is 19.8 Å². The van der Waals surface area contributed by atoms with E-state index in [0.29, 0.717) is 23.9 Å². The molecule has 10 heteroatoms. The molecule has 0 saturated heterocycles. The molecule has 0 heterocycles. The first-order chi connectivity index (χ1) is 26.0. The van der Waals surface area contributed by atoms with Crippen LogP contribution in [0.25, 0.3) is 0 Å². The number of phosphoric ester groups is 1. The first-order valence-electron chi connectivity index (χ1n) is 22.1. The van der Waals surface area contributed by atoms with Crippen molar-refractivity contribution >= 4 is 19.8 Å². The summed E-state index contributed by atoms with van der Waals surface area (Å²) >= 11 is 0. The predicted octanol–water partition coefficient (Wildman–Crippen LogP) is 12.4. The highest BCUT2D eigenvalue weighted by atomic mass is 31.2. The summed E-state index contributed by atoms with van der Waals surface area (Å²) < 4.78 is 34.3. The van der Waals surface area contributed by atoms with Crippen molar-refractivity contribution in [3.63, 3.8) is 0 Å². The Bertz CT molecular complexity index is 980. The van der Waals surface area contributed by atoms with Crippen molar-refractivity contribution < 1.29 is 42.1 Å². The van der Waals surface area contributed by atoms with Crippen molar-refractivity contribution in [2.45, 2.75) is 200 Å². The lowest BCUT2D eigenvalue weighted by Crippen LogP contribution is -2.37. The van der Waals surface area contributed by atoms with Gasteiger partial charge in [0, 0.05) is 12.8 Å². The maximum absolute atomic E-state index is 12.7. The minimum Gasteiger partial charge on any atom is -0.462 e. The molecule has 0 amide bonds. The molecule has 1 N–H and O–H groups in total. The van der Waals surface area contributed by atoms with E-state index < -0.39 is 26.5 Å². The monoisotopic (exact) mass is 787 g/mol. The van der Waals surface area contributed by atoms with Crippen LogP contribution in [-0.4, -0.2) is 74.9 Å². The molecule has 54 heavy (non-hydrogen) atoms. The number of phosphoric acid groups is 1. The Hall–Kier alpha value is -1.51. The quantitative estimate of drug-likeness (QED) is 0.0215. The second-order valence-electron chi connectivity index (χ2n) is 16.1. The highest BCUT2D eigenvalue weighted by Gasteiger charge is 2.27. The first kappa shape index (κ1) is 52.5. The third-order valence-corrected chi connectivity index (χ3v) is 10.5. The van der Waals surface area contributed by atoms with Gasteiger partial charge < -0.3 is 18.9 Å². The number of hydrogen-bond acceptors (Lipinski definition) is 7. The summed E-state index contributed by atoms with van der Waals surface area (Å²) in [5, 5.41) is 0. The summed E-state index contributed by atoms with van der Waals surface area (Å²) in [6.45, 7) is 4.39. The largest absolute Gasteiger partial charge is 0.472 e. The van der Waals surface area contributed by atoms with Gasteiger partial charge in [0.25, 0.3) is 0 Å². The molecule has 0 spiro atoms. The molecule has 0 radical (unpaired) electrons. The molecule has 0 fully saturated rings. The lowest BCUT2D eigenvalue weighted by molar-refractivity contribution is -0.870. The molecule has 2 atom stereocenters. The standard InChI is InChI=1S/C44H84NO8P/c1-6-8-10-12-14-16-18-19-20-21-22-23-24-25-27-29-31-33-35-37-44(47)53-42(41-52-54(48,49)51-39-38-45(3,4)5)40-50-43(46)36-34-32-30-28-26-17-15-13-11-9-7-2/h14,16,19-20,42H,6-13,15,17-18,21-41H2,1-5H3/p+1/b16-14-,20-19-/t42-/m1/s1. The number of nitrogens with zero attached hydrogens (tertiary/aromatic N) is 1. The number of allylic oxidation sites excluding steroid dienone is 4. The van der Waals surface area contributed by atoms with Crippen LogP contribution in [0.3, 0.4) is 0 Å². The van der Waals surface area contributed by atoms with Crippen LogP contribution in [0.1, 0.15) is 194 Å². The molecule has 0 aromatic rings. The zero-order chi connectivity index (χ0) is 40.0. The highest BCUT2D eigenvalue weighted by molar-refractivity contribution is 7.47. The minimum absolute atomic E-state index is 0.0326. The summed E-state index contributed by atoms with van der Waals surface area (Å²) in [6, 6.07) is 0. The Kier molecular flexibility index (Phi) is 36.1. The van der Waals surface area contributed by atoms with E-state index in [1.807, 2.05) is 21.1 Å².